The van der Waals surface area contributed by atoms with Crippen molar-refractivity contribution < 1.29 is 18.3 Å². The lowest BCUT2D eigenvalue weighted by atomic mass is 10.1. The molecule has 0 atom stereocenters. The Hall–Kier alpha value is -2.61. The van der Waals surface area contributed by atoms with Gasteiger partial charge in [-0.25, -0.2) is 13.6 Å². The molecule has 0 fully saturated rings. The van der Waals surface area contributed by atoms with Crippen molar-refractivity contribution in [1.82, 2.24) is 9.59 Å². The van der Waals surface area contributed by atoms with Gasteiger partial charge in [0.2, 0.25) is 0 Å². The van der Waals surface area contributed by atoms with Crippen LogP contribution in [0.5, 0.6) is 0 Å². The molecule has 1 heterocycles. The van der Waals surface area contributed by atoms with Crippen molar-refractivity contribution in [3.63, 3.8) is 0 Å². The molecule has 3 aromatic rings. The number of esters is 1. The minimum Gasteiger partial charge on any atom is -0.465 e. The fourth-order valence-corrected chi connectivity index (χ4v) is 2.73. The van der Waals surface area contributed by atoms with Crippen molar-refractivity contribution in [3.05, 3.63) is 47.0 Å². The van der Waals surface area contributed by atoms with E-state index < -0.39 is 17.6 Å². The Morgan fingerprint density at radius 2 is 2.09 bits per heavy atom. The minimum atomic E-state index is -0.781. The van der Waals surface area contributed by atoms with E-state index in [0.717, 1.165) is 17.1 Å². The number of anilines is 2. The number of hydrogen-bond donors (Lipinski definition) is 1. The van der Waals surface area contributed by atoms with Crippen LogP contribution in [0.3, 0.4) is 0 Å². The molecule has 1 N–H and O–H groups in total. The van der Waals surface area contributed by atoms with Crippen molar-refractivity contribution in [2.24, 2.45) is 0 Å². The van der Waals surface area contributed by atoms with Crippen LogP contribution in [0.2, 0.25) is 0 Å². The van der Waals surface area contributed by atoms with Crippen molar-refractivity contribution >= 4 is 39.1 Å². The van der Waals surface area contributed by atoms with E-state index in [0.29, 0.717) is 4.70 Å². The second-order valence-electron chi connectivity index (χ2n) is 4.83. The van der Waals surface area contributed by atoms with E-state index in [1.165, 1.54) is 25.3 Å². The number of nitrogens with one attached hydrogen (secondary N) is 1. The van der Waals surface area contributed by atoms with E-state index in [1.54, 1.807) is 13.0 Å². The first-order chi connectivity index (χ1) is 11.0. The number of fused-ring (bicyclic) bond motifs is 1. The largest absolute Gasteiger partial charge is 0.465 e. The smallest absolute Gasteiger partial charge is 0.340 e. The first kappa shape index (κ1) is 15.3. The molecule has 5 nitrogen and oxygen atoms in total. The first-order valence-electron chi connectivity index (χ1n) is 6.57. The number of aromatic nitrogens is 2. The molecule has 0 saturated heterocycles. The molecule has 0 spiro atoms. The molecule has 0 radical (unpaired) electrons. The summed E-state index contributed by atoms with van der Waals surface area (Å²) in [5.74, 6) is -2.08. The van der Waals surface area contributed by atoms with Gasteiger partial charge in [-0.15, -0.1) is 5.10 Å². The number of hydrogen-bond acceptors (Lipinski definition) is 6. The second kappa shape index (κ2) is 5.88. The minimum absolute atomic E-state index is 0.0117. The third-order valence-corrected chi connectivity index (χ3v) is 3.95. The monoisotopic (exact) mass is 335 g/mol. The number of carbonyl (C=O) groups excluding carboxylic acids is 1. The summed E-state index contributed by atoms with van der Waals surface area (Å²) in [5.41, 5.74) is 0.532. The van der Waals surface area contributed by atoms with Crippen LogP contribution in [-0.4, -0.2) is 22.7 Å². The molecule has 0 saturated carbocycles. The molecule has 2 aromatic carbocycles. The summed E-state index contributed by atoms with van der Waals surface area (Å²) in [6.07, 6.45) is 0. The second-order valence-corrected chi connectivity index (χ2v) is 5.62. The molecule has 1 aromatic heterocycles. The van der Waals surface area contributed by atoms with Crippen LogP contribution >= 0.6 is 11.5 Å². The summed E-state index contributed by atoms with van der Waals surface area (Å²) < 4.78 is 37.4. The lowest BCUT2D eigenvalue weighted by Gasteiger charge is -2.13. The standard InChI is InChI=1S/C15H11F2N3O2S/c1-7-3-4-10(9(16)5-7)18-13-8(15(21)22-2)6-11-14(12(13)17)19-20-23-11/h3-6,18H,1-2H3. The first-order valence-corrected chi connectivity index (χ1v) is 7.34. The lowest BCUT2D eigenvalue weighted by molar-refractivity contribution is 0.0601. The van der Waals surface area contributed by atoms with E-state index in [-0.39, 0.29) is 22.5 Å². The molecular formula is C15H11F2N3O2S. The maximum atomic E-state index is 14.7. The van der Waals surface area contributed by atoms with Crippen LogP contribution in [0.25, 0.3) is 10.2 Å². The Labute approximate surface area is 134 Å². The van der Waals surface area contributed by atoms with E-state index in [1.807, 2.05) is 0 Å². The Balaban J connectivity index is 2.17. The maximum absolute atomic E-state index is 14.7. The van der Waals surface area contributed by atoms with Crippen LogP contribution in [0, 0.1) is 18.6 Å². The highest BCUT2D eigenvalue weighted by molar-refractivity contribution is 7.13. The lowest BCUT2D eigenvalue weighted by Crippen LogP contribution is -2.08. The van der Waals surface area contributed by atoms with Gasteiger partial charge >= 0.3 is 5.97 Å². The third kappa shape index (κ3) is 2.72. The highest BCUT2D eigenvalue weighted by Gasteiger charge is 2.22. The fraction of sp³-hybridized carbons (Fsp3) is 0.133. The Morgan fingerprint density at radius 1 is 1.30 bits per heavy atom. The maximum Gasteiger partial charge on any atom is 0.340 e. The van der Waals surface area contributed by atoms with Gasteiger partial charge in [0.25, 0.3) is 0 Å². The molecule has 0 aliphatic heterocycles. The van der Waals surface area contributed by atoms with Gasteiger partial charge in [0.1, 0.15) is 11.3 Å². The Kier molecular flexibility index (Phi) is 3.91. The average molecular weight is 335 g/mol. The third-order valence-electron chi connectivity index (χ3n) is 3.28. The van der Waals surface area contributed by atoms with E-state index in [4.69, 9.17) is 0 Å². The predicted octanol–water partition coefficient (Wildman–Crippen LogP) is 3.81. The zero-order valence-corrected chi connectivity index (χ0v) is 13.0. The fourth-order valence-electron chi connectivity index (χ4n) is 2.13. The van der Waals surface area contributed by atoms with Gasteiger partial charge in [-0.05, 0) is 42.2 Å². The van der Waals surface area contributed by atoms with E-state index in [2.05, 4.69) is 19.6 Å². The van der Waals surface area contributed by atoms with Gasteiger partial charge in [0, 0.05) is 0 Å². The molecule has 0 bridgehead atoms. The molecular weight excluding hydrogens is 324 g/mol. The van der Waals surface area contributed by atoms with Crippen molar-refractivity contribution in [1.29, 1.82) is 0 Å². The number of ether oxygens (including phenoxy) is 1. The van der Waals surface area contributed by atoms with Crippen molar-refractivity contribution in [2.45, 2.75) is 6.92 Å². The zero-order valence-electron chi connectivity index (χ0n) is 12.2. The molecule has 23 heavy (non-hydrogen) atoms. The Bertz CT molecular complexity index is 911. The summed E-state index contributed by atoms with van der Waals surface area (Å²) in [6.45, 7) is 1.74. The molecule has 8 heteroatoms. The average Bonchev–Trinajstić information content (AvgIpc) is 3.00. The number of benzene rings is 2. The summed E-state index contributed by atoms with van der Waals surface area (Å²) >= 11 is 0.953. The van der Waals surface area contributed by atoms with Crippen LogP contribution < -0.4 is 5.32 Å². The Morgan fingerprint density at radius 3 is 2.78 bits per heavy atom. The number of methoxy groups -OCH3 is 1. The quantitative estimate of drug-likeness (QED) is 0.738. The van der Waals surface area contributed by atoms with Crippen molar-refractivity contribution in [2.75, 3.05) is 12.4 Å². The highest BCUT2D eigenvalue weighted by atomic mass is 32.1. The van der Waals surface area contributed by atoms with Crippen molar-refractivity contribution in [3.8, 4) is 0 Å². The number of aryl methyl sites for hydroxylation is 1. The van der Waals surface area contributed by atoms with E-state index >= 15 is 0 Å². The number of nitrogens with zero attached hydrogens (tertiary/aromatic N) is 2. The molecule has 118 valence electrons. The zero-order chi connectivity index (χ0) is 16.6. The highest BCUT2D eigenvalue weighted by Crippen LogP contribution is 2.32. The summed E-state index contributed by atoms with van der Waals surface area (Å²) in [4.78, 5) is 11.9. The number of halogens is 2. The molecule has 3 rings (SSSR count). The SMILES string of the molecule is COC(=O)c1cc2snnc2c(F)c1Nc1ccc(C)cc1F. The summed E-state index contributed by atoms with van der Waals surface area (Å²) in [5, 5.41) is 6.31. The van der Waals surface area contributed by atoms with Crippen LogP contribution in [0.1, 0.15) is 15.9 Å². The van der Waals surface area contributed by atoms with Gasteiger partial charge in [-0.2, -0.15) is 0 Å². The molecule has 0 aliphatic rings. The molecule has 0 unspecified atom stereocenters. The van der Waals surface area contributed by atoms with Gasteiger partial charge in [-0.3, -0.25) is 0 Å². The summed E-state index contributed by atoms with van der Waals surface area (Å²) in [6, 6.07) is 5.86. The van der Waals surface area contributed by atoms with Crippen LogP contribution in [-0.2, 0) is 4.74 Å². The van der Waals surface area contributed by atoms with Crippen LogP contribution in [0.4, 0.5) is 20.2 Å². The summed E-state index contributed by atoms with van der Waals surface area (Å²) in [7, 11) is 1.19. The topological polar surface area (TPSA) is 64.1 Å². The molecule has 0 aliphatic carbocycles. The van der Waals surface area contributed by atoms with Crippen LogP contribution in [0.15, 0.2) is 24.3 Å². The van der Waals surface area contributed by atoms with Gasteiger partial charge < -0.3 is 10.1 Å². The van der Waals surface area contributed by atoms with Gasteiger partial charge in [0.15, 0.2) is 5.82 Å². The predicted molar refractivity (Wildman–Crippen MR) is 83.1 cm³/mol. The van der Waals surface area contributed by atoms with Gasteiger partial charge in [0.05, 0.1) is 28.7 Å². The normalized spacial score (nSPS) is 10.8. The van der Waals surface area contributed by atoms with E-state index in [9.17, 15) is 13.6 Å². The van der Waals surface area contributed by atoms with Gasteiger partial charge in [-0.1, -0.05) is 10.6 Å². The number of carbonyl (C=O) groups is 1. The molecule has 0 amide bonds. The number of rotatable bonds is 3.